The zero-order valence-corrected chi connectivity index (χ0v) is 14.1. The van der Waals surface area contributed by atoms with Crippen molar-refractivity contribution in [3.8, 4) is 11.5 Å². The Hall–Kier alpha value is -2.74. The number of nitrogens with one attached hydrogen (secondary N) is 1. The van der Waals surface area contributed by atoms with Crippen molar-refractivity contribution in [3.05, 3.63) is 47.1 Å². The lowest BCUT2D eigenvalue weighted by molar-refractivity contribution is -0.131. The number of rotatable bonds is 8. The van der Waals surface area contributed by atoms with Crippen molar-refractivity contribution in [1.29, 1.82) is 0 Å². The Morgan fingerprint density at radius 2 is 2.25 bits per heavy atom. The zero-order chi connectivity index (χ0) is 17.5. The van der Waals surface area contributed by atoms with Gasteiger partial charge in [-0.1, -0.05) is 18.7 Å². The van der Waals surface area contributed by atoms with E-state index in [0.717, 1.165) is 11.8 Å². The Labute approximate surface area is 143 Å². The van der Waals surface area contributed by atoms with Gasteiger partial charge in [-0.15, -0.1) is 5.10 Å². The van der Waals surface area contributed by atoms with E-state index in [9.17, 15) is 9.90 Å². The van der Waals surface area contributed by atoms with Gasteiger partial charge in [0.05, 0.1) is 7.11 Å². The van der Waals surface area contributed by atoms with Gasteiger partial charge < -0.3 is 14.6 Å². The average molecular weight is 347 g/mol. The molecule has 0 atom stereocenters. The van der Waals surface area contributed by atoms with Crippen LogP contribution in [-0.2, 0) is 4.79 Å². The molecule has 24 heavy (non-hydrogen) atoms. The summed E-state index contributed by atoms with van der Waals surface area (Å²) in [7, 11) is 1.52. The van der Waals surface area contributed by atoms with Gasteiger partial charge in [0.2, 0.25) is 5.16 Å². The molecule has 0 fully saturated rings. The van der Waals surface area contributed by atoms with Crippen LogP contribution in [-0.4, -0.2) is 40.0 Å². The van der Waals surface area contributed by atoms with E-state index in [2.05, 4.69) is 21.8 Å². The monoisotopic (exact) mass is 347 g/mol. The number of carboxylic acid groups (broad SMARTS) is 1. The predicted octanol–water partition coefficient (Wildman–Crippen LogP) is 2.90. The van der Waals surface area contributed by atoms with Crippen LogP contribution in [0.15, 0.2) is 40.9 Å². The maximum atomic E-state index is 11.5. The minimum atomic E-state index is -1.06. The molecule has 2 aromatic rings. The molecule has 0 radical (unpaired) electrons. The molecule has 0 saturated carbocycles. The molecule has 1 heterocycles. The molecule has 2 N–H and O–H groups in total. The van der Waals surface area contributed by atoms with Crippen LogP contribution < -0.4 is 9.47 Å². The Bertz CT molecular complexity index is 770. The minimum absolute atomic E-state index is 0.0933. The Morgan fingerprint density at radius 1 is 1.46 bits per heavy atom. The van der Waals surface area contributed by atoms with Crippen molar-refractivity contribution in [2.45, 2.75) is 12.1 Å². The number of carboxylic acids is 1. The predicted molar refractivity (Wildman–Crippen MR) is 91.3 cm³/mol. The molecule has 1 aromatic heterocycles. The summed E-state index contributed by atoms with van der Waals surface area (Å²) < 4.78 is 10.7. The smallest absolute Gasteiger partial charge is 0.342 e. The van der Waals surface area contributed by atoms with E-state index in [1.807, 2.05) is 0 Å². The Morgan fingerprint density at radius 3 is 2.83 bits per heavy atom. The molecule has 0 amide bonds. The van der Waals surface area contributed by atoms with Gasteiger partial charge in [0.15, 0.2) is 11.5 Å². The average Bonchev–Trinajstić information content (AvgIpc) is 2.97. The summed E-state index contributed by atoms with van der Waals surface area (Å²) in [6.07, 6.45) is 3.16. The highest BCUT2D eigenvalue weighted by Crippen LogP contribution is 2.31. The fourth-order valence-electron chi connectivity index (χ4n) is 1.79. The number of hydrogen-bond acceptors (Lipinski definition) is 6. The number of nitrogens with zero attached hydrogens (tertiary/aromatic N) is 2. The summed E-state index contributed by atoms with van der Waals surface area (Å²) in [4.78, 5) is 15.6. The second-order valence-electron chi connectivity index (χ2n) is 4.63. The highest BCUT2D eigenvalue weighted by Gasteiger charge is 2.14. The van der Waals surface area contributed by atoms with Crippen LogP contribution in [0.25, 0.3) is 6.08 Å². The van der Waals surface area contributed by atoms with Gasteiger partial charge in [-0.25, -0.2) is 9.78 Å². The summed E-state index contributed by atoms with van der Waals surface area (Å²) in [5, 5.41) is 16.3. The van der Waals surface area contributed by atoms with E-state index in [1.165, 1.54) is 13.2 Å². The van der Waals surface area contributed by atoms with Crippen LogP contribution in [0, 0.1) is 6.92 Å². The number of aryl methyl sites for hydroxylation is 1. The number of aromatic nitrogens is 3. The zero-order valence-electron chi connectivity index (χ0n) is 13.3. The summed E-state index contributed by atoms with van der Waals surface area (Å²) in [5.41, 5.74) is 0.662. The molecule has 0 aliphatic heterocycles. The van der Waals surface area contributed by atoms with Crippen LogP contribution >= 0.6 is 11.8 Å². The first-order chi connectivity index (χ1) is 11.5. The molecule has 0 saturated heterocycles. The molecule has 2 rings (SSSR count). The van der Waals surface area contributed by atoms with Gasteiger partial charge in [0.25, 0.3) is 0 Å². The van der Waals surface area contributed by atoms with E-state index in [-0.39, 0.29) is 4.91 Å². The van der Waals surface area contributed by atoms with E-state index >= 15 is 0 Å². The number of aromatic amines is 1. The van der Waals surface area contributed by atoms with Crippen molar-refractivity contribution >= 4 is 23.8 Å². The maximum absolute atomic E-state index is 11.5. The number of ether oxygens (including phenoxy) is 2. The first kappa shape index (κ1) is 17.6. The first-order valence-electron chi connectivity index (χ1n) is 6.97. The molecule has 8 heteroatoms. The van der Waals surface area contributed by atoms with Gasteiger partial charge in [-0.05, 0) is 42.5 Å². The van der Waals surface area contributed by atoms with Crippen LogP contribution in [0.2, 0.25) is 0 Å². The lowest BCUT2D eigenvalue weighted by atomic mass is 10.2. The highest BCUT2D eigenvalue weighted by molar-refractivity contribution is 8.04. The van der Waals surface area contributed by atoms with Crippen LogP contribution in [0.3, 0.4) is 0 Å². The van der Waals surface area contributed by atoms with Gasteiger partial charge in [0, 0.05) is 0 Å². The van der Waals surface area contributed by atoms with Gasteiger partial charge in [0.1, 0.15) is 17.3 Å². The number of H-pyrrole nitrogens is 1. The third-order valence-electron chi connectivity index (χ3n) is 2.83. The largest absolute Gasteiger partial charge is 0.493 e. The lowest BCUT2D eigenvalue weighted by Crippen LogP contribution is -1.98. The molecule has 0 bridgehead atoms. The minimum Gasteiger partial charge on any atom is -0.493 e. The van der Waals surface area contributed by atoms with Crippen LogP contribution in [0.1, 0.15) is 11.4 Å². The number of benzene rings is 1. The number of thioether (sulfide) groups is 1. The molecular formula is C16H17N3O4S. The lowest BCUT2D eigenvalue weighted by Gasteiger charge is -2.10. The standard InChI is InChI=1S/C16H17N3O4S/c1-4-7-23-12-6-5-11(8-13(12)22-3)9-14(15(20)21)24-16-17-10(2)18-19-16/h4-6,8-9H,1,7H2,2-3H3,(H,20,21)(H,17,18,19)/b14-9-. The third kappa shape index (κ3) is 4.63. The van der Waals surface area contributed by atoms with Crippen LogP contribution in [0.5, 0.6) is 11.5 Å². The second kappa shape index (κ2) is 8.21. The normalized spacial score (nSPS) is 11.2. The quantitative estimate of drug-likeness (QED) is 0.430. The Kier molecular flexibility index (Phi) is 6.02. The second-order valence-corrected chi connectivity index (χ2v) is 5.64. The van der Waals surface area contributed by atoms with E-state index in [4.69, 9.17) is 9.47 Å². The van der Waals surface area contributed by atoms with Crippen molar-refractivity contribution in [2.24, 2.45) is 0 Å². The van der Waals surface area contributed by atoms with Gasteiger partial charge in [-0.2, -0.15) is 0 Å². The number of aliphatic carboxylic acids is 1. The molecule has 7 nitrogen and oxygen atoms in total. The van der Waals surface area contributed by atoms with E-state index < -0.39 is 5.97 Å². The summed E-state index contributed by atoms with van der Waals surface area (Å²) in [6, 6.07) is 5.16. The molecule has 126 valence electrons. The molecule has 0 spiro atoms. The fourth-order valence-corrected chi connectivity index (χ4v) is 2.55. The summed E-state index contributed by atoms with van der Waals surface area (Å²) in [5.74, 6) is 0.624. The number of carbonyl (C=O) groups is 1. The number of methoxy groups -OCH3 is 1. The fraction of sp³-hybridized carbons (Fsp3) is 0.188. The van der Waals surface area contributed by atoms with Crippen molar-refractivity contribution in [2.75, 3.05) is 13.7 Å². The molecule has 1 aromatic carbocycles. The van der Waals surface area contributed by atoms with Gasteiger partial charge in [-0.3, -0.25) is 5.10 Å². The van der Waals surface area contributed by atoms with Crippen molar-refractivity contribution < 1.29 is 19.4 Å². The SMILES string of the molecule is C=CCOc1ccc(/C=C(\Sc2n[nH]c(C)n2)C(=O)O)cc1OC. The number of hydrogen-bond donors (Lipinski definition) is 2. The van der Waals surface area contributed by atoms with E-state index in [1.54, 1.807) is 31.2 Å². The summed E-state index contributed by atoms with van der Waals surface area (Å²) >= 11 is 0.967. The van der Waals surface area contributed by atoms with Crippen molar-refractivity contribution in [3.63, 3.8) is 0 Å². The third-order valence-corrected chi connectivity index (χ3v) is 3.71. The highest BCUT2D eigenvalue weighted by atomic mass is 32.2. The maximum Gasteiger partial charge on any atom is 0.342 e. The topological polar surface area (TPSA) is 97.3 Å². The Balaban J connectivity index is 2.28. The van der Waals surface area contributed by atoms with E-state index in [0.29, 0.717) is 34.7 Å². The molecule has 0 aliphatic rings. The summed E-state index contributed by atoms with van der Waals surface area (Å²) in [6.45, 7) is 5.69. The van der Waals surface area contributed by atoms with Gasteiger partial charge >= 0.3 is 5.97 Å². The first-order valence-corrected chi connectivity index (χ1v) is 7.78. The molecule has 0 aliphatic carbocycles. The molecular weight excluding hydrogens is 330 g/mol. The van der Waals surface area contributed by atoms with Crippen molar-refractivity contribution in [1.82, 2.24) is 15.2 Å². The van der Waals surface area contributed by atoms with Crippen LogP contribution in [0.4, 0.5) is 0 Å². The molecule has 0 unspecified atom stereocenters.